The molecule has 2 aromatic rings. The second-order valence-electron chi connectivity index (χ2n) is 7.10. The molecule has 0 spiro atoms. The monoisotopic (exact) mass is 464 g/mol. The summed E-state index contributed by atoms with van der Waals surface area (Å²) in [6, 6.07) is 3.55. The third kappa shape index (κ3) is 6.34. The zero-order valence-corrected chi connectivity index (χ0v) is 19.8. The van der Waals surface area contributed by atoms with E-state index in [9.17, 15) is 0 Å². The number of ether oxygens (including phenoxy) is 5. The van der Waals surface area contributed by atoms with Gasteiger partial charge in [-0.2, -0.15) is 4.98 Å². The molecule has 1 N–H and O–H groups in total. The molecule has 0 bridgehead atoms. The summed E-state index contributed by atoms with van der Waals surface area (Å²) >= 11 is 0. The van der Waals surface area contributed by atoms with Gasteiger partial charge in [0.25, 0.3) is 5.88 Å². The number of benzene rings is 1. The summed E-state index contributed by atoms with van der Waals surface area (Å²) in [5.41, 5.74) is 2.70. The van der Waals surface area contributed by atoms with E-state index in [0.29, 0.717) is 66.6 Å². The Morgan fingerprint density at radius 1 is 1.09 bits per heavy atom. The van der Waals surface area contributed by atoms with E-state index in [2.05, 4.69) is 26.2 Å². The summed E-state index contributed by atoms with van der Waals surface area (Å²) in [6.45, 7) is 5.34. The van der Waals surface area contributed by atoms with Gasteiger partial charge in [-0.3, -0.25) is 0 Å². The predicted molar refractivity (Wildman–Crippen MR) is 131 cm³/mol. The molecule has 2 heterocycles. The molecule has 9 heteroatoms. The zero-order valence-electron chi connectivity index (χ0n) is 19.8. The van der Waals surface area contributed by atoms with E-state index in [-0.39, 0.29) is 0 Å². The zero-order chi connectivity index (χ0) is 24.3. The van der Waals surface area contributed by atoms with Crippen molar-refractivity contribution in [1.82, 2.24) is 9.97 Å². The van der Waals surface area contributed by atoms with Crippen LogP contribution >= 0.6 is 0 Å². The van der Waals surface area contributed by atoms with Gasteiger partial charge in [-0.25, -0.2) is 9.98 Å². The number of nitrogens with one attached hydrogen (secondary N) is 1. The summed E-state index contributed by atoms with van der Waals surface area (Å²) in [7, 11) is 3.23. The van der Waals surface area contributed by atoms with Gasteiger partial charge < -0.3 is 29.0 Å². The van der Waals surface area contributed by atoms with Crippen LogP contribution in [-0.2, 0) is 9.47 Å². The van der Waals surface area contributed by atoms with Gasteiger partial charge in [0, 0.05) is 43.3 Å². The maximum Gasteiger partial charge on any atom is 0.250 e. The van der Waals surface area contributed by atoms with Crippen LogP contribution in [0.1, 0.15) is 19.4 Å². The van der Waals surface area contributed by atoms with Gasteiger partial charge in [0.1, 0.15) is 25.3 Å². The van der Waals surface area contributed by atoms with Crippen LogP contribution in [0.4, 0.5) is 11.5 Å². The number of fused-ring (bicyclic) bond motifs is 2. The van der Waals surface area contributed by atoms with E-state index in [1.54, 1.807) is 32.6 Å². The summed E-state index contributed by atoms with van der Waals surface area (Å²) in [5, 5.41) is 3.24. The van der Waals surface area contributed by atoms with Crippen molar-refractivity contribution in [3.63, 3.8) is 0 Å². The fourth-order valence-electron chi connectivity index (χ4n) is 2.93. The number of allylic oxidation sites excluding steroid dienone is 3. The molecule has 178 valence electrons. The first-order chi connectivity index (χ1) is 16.6. The van der Waals surface area contributed by atoms with E-state index in [1.165, 1.54) is 6.33 Å². The lowest BCUT2D eigenvalue weighted by atomic mass is 10.2. The van der Waals surface area contributed by atoms with Crippen LogP contribution in [0, 0.1) is 12.3 Å². The van der Waals surface area contributed by atoms with Crippen molar-refractivity contribution >= 4 is 17.7 Å². The highest BCUT2D eigenvalue weighted by Crippen LogP contribution is 2.42. The van der Waals surface area contributed by atoms with Crippen molar-refractivity contribution in [2.24, 2.45) is 4.99 Å². The normalized spacial score (nSPS) is 12.7. The number of aliphatic imine (C=N–C) groups is 1. The highest BCUT2D eigenvalue weighted by atomic mass is 16.5. The third-order valence-electron chi connectivity index (χ3n) is 4.67. The van der Waals surface area contributed by atoms with Gasteiger partial charge in [0.15, 0.2) is 23.0 Å². The van der Waals surface area contributed by atoms with Gasteiger partial charge >= 0.3 is 0 Å². The van der Waals surface area contributed by atoms with Gasteiger partial charge in [-0.1, -0.05) is 12.0 Å². The lowest BCUT2D eigenvalue weighted by molar-refractivity contribution is 0.132. The first-order valence-electron chi connectivity index (χ1n) is 10.7. The molecule has 0 radical (unpaired) electrons. The molecule has 1 aromatic carbocycles. The highest BCUT2D eigenvalue weighted by molar-refractivity contribution is 5.90. The van der Waals surface area contributed by atoms with Gasteiger partial charge in [0.2, 0.25) is 0 Å². The maximum atomic E-state index is 6.11. The van der Waals surface area contributed by atoms with Crippen molar-refractivity contribution in [2.45, 2.75) is 13.8 Å². The first-order valence-corrected chi connectivity index (χ1v) is 10.7. The summed E-state index contributed by atoms with van der Waals surface area (Å²) < 4.78 is 28.0. The Balaban J connectivity index is 1.94. The molecular formula is C25H28N4O5. The SMILES string of the molecule is C#C/C(C)=C/C(=C\C)Nc1ncnc2c1N=Cc1cc(OCCOC)c(OCCOC)cc1O2. The average Bonchev–Trinajstić information content (AvgIpc) is 3.03. The molecule has 1 aromatic heterocycles. The molecule has 9 nitrogen and oxygen atoms in total. The molecule has 0 amide bonds. The Morgan fingerprint density at radius 3 is 2.44 bits per heavy atom. The molecule has 0 unspecified atom stereocenters. The molecular weight excluding hydrogens is 436 g/mol. The number of anilines is 1. The van der Waals surface area contributed by atoms with Crippen molar-refractivity contribution in [3.8, 4) is 35.5 Å². The average molecular weight is 465 g/mol. The van der Waals surface area contributed by atoms with Crippen molar-refractivity contribution in [3.05, 3.63) is 47.4 Å². The van der Waals surface area contributed by atoms with Crippen molar-refractivity contribution in [2.75, 3.05) is 46.0 Å². The number of nitrogens with zero attached hydrogens (tertiary/aromatic N) is 3. The minimum Gasteiger partial charge on any atom is -0.487 e. The first kappa shape index (κ1) is 24.8. The molecule has 34 heavy (non-hydrogen) atoms. The largest absolute Gasteiger partial charge is 0.487 e. The smallest absolute Gasteiger partial charge is 0.250 e. The molecule has 0 fully saturated rings. The van der Waals surface area contributed by atoms with E-state index in [4.69, 9.17) is 30.1 Å². The van der Waals surface area contributed by atoms with Crippen LogP contribution in [0.15, 0.2) is 46.9 Å². The molecule has 0 saturated carbocycles. The standard InChI is InChI=1S/C25H28N4O5/c1-6-17(3)12-19(7-2)29-24-23-25(28-16-27-24)34-20-14-22(33-11-9-31-5)21(32-10-8-30-4)13-18(20)15-26-23/h1,7,12-16H,8-11H2,2-5H3,(H,27,28,29)/b17-12+,19-7+. The molecule has 0 aliphatic carbocycles. The van der Waals surface area contributed by atoms with Gasteiger partial charge in [-0.15, -0.1) is 6.42 Å². The number of methoxy groups -OCH3 is 2. The van der Waals surface area contributed by atoms with Crippen molar-refractivity contribution < 1.29 is 23.7 Å². The minimum atomic E-state index is 0.302. The Kier molecular flexibility index (Phi) is 9.03. The molecule has 1 aliphatic rings. The predicted octanol–water partition coefficient (Wildman–Crippen LogP) is 4.28. The van der Waals surface area contributed by atoms with Crippen LogP contribution in [0.2, 0.25) is 0 Å². The van der Waals surface area contributed by atoms with E-state index in [1.807, 2.05) is 26.0 Å². The number of terminal acetylenes is 1. The third-order valence-corrected chi connectivity index (χ3v) is 4.67. The number of hydrogen-bond acceptors (Lipinski definition) is 9. The fraction of sp³-hybridized carbons (Fsp3) is 0.320. The van der Waals surface area contributed by atoms with Crippen LogP contribution in [0.25, 0.3) is 0 Å². The maximum absolute atomic E-state index is 6.11. The number of aromatic nitrogens is 2. The molecule has 0 atom stereocenters. The van der Waals surface area contributed by atoms with E-state index in [0.717, 1.165) is 11.3 Å². The Morgan fingerprint density at radius 2 is 1.79 bits per heavy atom. The summed E-state index contributed by atoms with van der Waals surface area (Å²) in [4.78, 5) is 13.2. The second kappa shape index (κ2) is 12.4. The molecule has 3 rings (SSSR count). The van der Waals surface area contributed by atoms with E-state index < -0.39 is 0 Å². The van der Waals surface area contributed by atoms with Crippen LogP contribution in [0.5, 0.6) is 23.1 Å². The van der Waals surface area contributed by atoms with Crippen LogP contribution in [-0.4, -0.2) is 56.8 Å². The Hall–Kier alpha value is -3.87. The number of hydrogen-bond donors (Lipinski definition) is 1. The van der Waals surface area contributed by atoms with Gasteiger partial charge in [-0.05, 0) is 26.0 Å². The molecule has 1 aliphatic heterocycles. The molecule has 0 saturated heterocycles. The highest BCUT2D eigenvalue weighted by Gasteiger charge is 2.21. The van der Waals surface area contributed by atoms with Crippen LogP contribution < -0.4 is 19.5 Å². The Bertz CT molecular complexity index is 1130. The topological polar surface area (TPSA) is 96.3 Å². The van der Waals surface area contributed by atoms with E-state index >= 15 is 0 Å². The summed E-state index contributed by atoms with van der Waals surface area (Å²) in [6.07, 6.45) is 12.3. The number of rotatable bonds is 11. The fourth-order valence-corrected chi connectivity index (χ4v) is 2.93. The van der Waals surface area contributed by atoms with Gasteiger partial charge in [0.05, 0.1) is 13.2 Å². The van der Waals surface area contributed by atoms with Crippen LogP contribution in [0.3, 0.4) is 0 Å². The minimum absolute atomic E-state index is 0.302. The second-order valence-corrected chi connectivity index (χ2v) is 7.10. The lowest BCUT2D eigenvalue weighted by Gasteiger charge is -2.16. The lowest BCUT2D eigenvalue weighted by Crippen LogP contribution is -2.09. The Labute approximate surface area is 199 Å². The van der Waals surface area contributed by atoms with Crippen molar-refractivity contribution in [1.29, 1.82) is 0 Å². The quantitative estimate of drug-likeness (QED) is 0.255. The summed E-state index contributed by atoms with van der Waals surface area (Å²) in [5.74, 6) is 4.97.